The van der Waals surface area contributed by atoms with Gasteiger partial charge in [-0.05, 0) is 35.9 Å². The van der Waals surface area contributed by atoms with Gasteiger partial charge in [0, 0.05) is 11.1 Å². The van der Waals surface area contributed by atoms with Crippen molar-refractivity contribution in [1.29, 1.82) is 0 Å². The third-order valence-electron chi connectivity index (χ3n) is 3.19. The molecule has 0 atom stereocenters. The number of nitrogens with two attached hydrogens (primary N) is 1. The summed E-state index contributed by atoms with van der Waals surface area (Å²) < 4.78 is 10.8. The van der Waals surface area contributed by atoms with Gasteiger partial charge in [-0.3, -0.25) is 9.59 Å². The highest BCUT2D eigenvalue weighted by Gasteiger charge is 2.27. The van der Waals surface area contributed by atoms with E-state index in [-0.39, 0.29) is 18.1 Å². The molecule has 116 valence electrons. The Labute approximate surface area is 137 Å². The Morgan fingerprint density at radius 1 is 1.22 bits per heavy atom. The molecule has 6 heteroatoms. The number of primary amides is 1. The van der Waals surface area contributed by atoms with Crippen molar-refractivity contribution in [3.63, 3.8) is 0 Å². The first kappa shape index (κ1) is 15.1. The van der Waals surface area contributed by atoms with E-state index < -0.39 is 5.91 Å². The van der Waals surface area contributed by atoms with Gasteiger partial charge in [0.25, 0.3) is 5.91 Å². The van der Waals surface area contributed by atoms with E-state index in [1.54, 1.807) is 48.5 Å². The lowest BCUT2D eigenvalue weighted by atomic mass is 10.1. The van der Waals surface area contributed by atoms with Crippen LogP contribution in [0.25, 0.3) is 6.08 Å². The zero-order valence-corrected chi connectivity index (χ0v) is 12.7. The number of carbonyl (C=O) groups is 2. The van der Waals surface area contributed by atoms with Crippen LogP contribution in [0, 0.1) is 0 Å². The van der Waals surface area contributed by atoms with Crippen molar-refractivity contribution in [3.8, 4) is 11.5 Å². The van der Waals surface area contributed by atoms with Crippen LogP contribution in [0.4, 0.5) is 0 Å². The smallest absolute Gasteiger partial charge is 0.255 e. The average Bonchev–Trinajstić information content (AvgIpc) is 2.83. The van der Waals surface area contributed by atoms with Crippen molar-refractivity contribution in [1.82, 2.24) is 0 Å². The molecule has 23 heavy (non-hydrogen) atoms. The second kappa shape index (κ2) is 6.14. The fourth-order valence-electron chi connectivity index (χ4n) is 2.12. The largest absolute Gasteiger partial charge is 0.484 e. The number of halogens is 1. The Kier molecular flexibility index (Phi) is 4.04. The number of Topliss-reactive ketones (excluding diaryl/α,β-unsaturated/α-hetero) is 1. The maximum absolute atomic E-state index is 12.3. The molecule has 0 aromatic heterocycles. The van der Waals surface area contributed by atoms with Gasteiger partial charge in [-0.1, -0.05) is 23.7 Å². The molecule has 0 saturated carbocycles. The number of fused-ring (bicyclic) bond motifs is 1. The third kappa shape index (κ3) is 3.35. The first-order chi connectivity index (χ1) is 11.0. The lowest BCUT2D eigenvalue weighted by Gasteiger charge is -2.04. The highest BCUT2D eigenvalue weighted by Crippen LogP contribution is 2.34. The summed E-state index contributed by atoms with van der Waals surface area (Å²) in [4.78, 5) is 23.0. The lowest BCUT2D eigenvalue weighted by molar-refractivity contribution is -0.119. The van der Waals surface area contributed by atoms with Crippen molar-refractivity contribution in [2.45, 2.75) is 0 Å². The van der Waals surface area contributed by atoms with Gasteiger partial charge >= 0.3 is 0 Å². The lowest BCUT2D eigenvalue weighted by Crippen LogP contribution is -2.19. The molecule has 1 aliphatic heterocycles. The average molecular weight is 330 g/mol. The minimum Gasteiger partial charge on any atom is -0.484 e. The van der Waals surface area contributed by atoms with E-state index in [1.807, 2.05) is 0 Å². The fraction of sp³-hybridized carbons (Fsp3) is 0.0588. The molecule has 0 fully saturated rings. The van der Waals surface area contributed by atoms with E-state index in [1.165, 1.54) is 0 Å². The molecular formula is C17H12ClNO4. The van der Waals surface area contributed by atoms with Crippen LogP contribution in [-0.4, -0.2) is 18.3 Å². The highest BCUT2D eigenvalue weighted by atomic mass is 35.5. The summed E-state index contributed by atoms with van der Waals surface area (Å²) in [6.07, 6.45) is 1.64. The number of benzene rings is 2. The molecule has 1 aliphatic rings. The summed E-state index contributed by atoms with van der Waals surface area (Å²) in [5.41, 5.74) is 6.27. The second-order valence-corrected chi connectivity index (χ2v) is 5.34. The monoisotopic (exact) mass is 329 g/mol. The third-order valence-corrected chi connectivity index (χ3v) is 3.44. The zero-order valence-electron chi connectivity index (χ0n) is 11.9. The minimum absolute atomic E-state index is 0.212. The van der Waals surface area contributed by atoms with Crippen LogP contribution >= 0.6 is 11.6 Å². The topological polar surface area (TPSA) is 78.6 Å². The van der Waals surface area contributed by atoms with Crippen molar-refractivity contribution in [2.24, 2.45) is 5.73 Å². The van der Waals surface area contributed by atoms with Gasteiger partial charge in [0.1, 0.15) is 11.5 Å². The molecule has 2 N–H and O–H groups in total. The van der Waals surface area contributed by atoms with Crippen LogP contribution < -0.4 is 15.2 Å². The van der Waals surface area contributed by atoms with Gasteiger partial charge in [-0.25, -0.2) is 0 Å². The first-order valence-corrected chi connectivity index (χ1v) is 7.16. The number of carbonyl (C=O) groups excluding carboxylic acids is 2. The number of rotatable bonds is 4. The van der Waals surface area contributed by atoms with Gasteiger partial charge in [0.15, 0.2) is 12.4 Å². The second-order valence-electron chi connectivity index (χ2n) is 4.90. The number of amides is 1. The first-order valence-electron chi connectivity index (χ1n) is 6.78. The SMILES string of the molecule is NC(=O)COc1ccc2c(c1)O/C(=C\c1ccc(Cl)cc1)C2=O. The van der Waals surface area contributed by atoms with Crippen LogP contribution in [0.5, 0.6) is 11.5 Å². The van der Waals surface area contributed by atoms with Crippen LogP contribution in [0.1, 0.15) is 15.9 Å². The molecule has 2 aromatic rings. The number of ketones is 1. The number of hydrogen-bond donors (Lipinski definition) is 1. The van der Waals surface area contributed by atoms with Crippen LogP contribution in [0.3, 0.4) is 0 Å². The predicted molar refractivity (Wildman–Crippen MR) is 85.5 cm³/mol. The van der Waals surface area contributed by atoms with Crippen LogP contribution in [0.2, 0.25) is 5.02 Å². The molecule has 0 bridgehead atoms. The van der Waals surface area contributed by atoms with Crippen LogP contribution in [0.15, 0.2) is 48.2 Å². The van der Waals surface area contributed by atoms with Gasteiger partial charge < -0.3 is 15.2 Å². The summed E-state index contributed by atoms with van der Waals surface area (Å²) in [6.45, 7) is -0.236. The van der Waals surface area contributed by atoms with Crippen LogP contribution in [-0.2, 0) is 4.79 Å². The van der Waals surface area contributed by atoms with Gasteiger partial charge in [0.05, 0.1) is 5.56 Å². The van der Waals surface area contributed by atoms with E-state index in [4.69, 9.17) is 26.8 Å². The molecule has 0 spiro atoms. The molecule has 2 aromatic carbocycles. The molecule has 1 amide bonds. The Hall–Kier alpha value is -2.79. The molecular weight excluding hydrogens is 318 g/mol. The van der Waals surface area contributed by atoms with Crippen molar-refractivity contribution < 1.29 is 19.1 Å². The molecule has 3 rings (SSSR count). The number of ether oxygens (including phenoxy) is 2. The molecule has 0 saturated heterocycles. The van der Waals surface area contributed by atoms with E-state index >= 15 is 0 Å². The summed E-state index contributed by atoms with van der Waals surface area (Å²) in [5.74, 6) is 0.219. The Bertz CT molecular complexity index is 812. The zero-order chi connectivity index (χ0) is 16.4. The van der Waals surface area contributed by atoms with Crippen molar-refractivity contribution >= 4 is 29.4 Å². The Morgan fingerprint density at radius 2 is 1.96 bits per heavy atom. The predicted octanol–water partition coefficient (Wildman–Crippen LogP) is 2.82. The van der Waals surface area contributed by atoms with Crippen molar-refractivity contribution in [2.75, 3.05) is 6.61 Å². The summed E-state index contributed by atoms with van der Waals surface area (Å²) in [5, 5.41) is 0.616. The van der Waals surface area contributed by atoms with Gasteiger partial charge in [-0.2, -0.15) is 0 Å². The van der Waals surface area contributed by atoms with E-state index in [2.05, 4.69) is 0 Å². The van der Waals surface area contributed by atoms with E-state index in [0.717, 1.165) is 5.56 Å². The minimum atomic E-state index is -0.578. The number of hydrogen-bond acceptors (Lipinski definition) is 4. The van der Waals surface area contributed by atoms with E-state index in [9.17, 15) is 9.59 Å². The summed E-state index contributed by atoms with van der Waals surface area (Å²) in [6, 6.07) is 11.8. The summed E-state index contributed by atoms with van der Waals surface area (Å²) in [7, 11) is 0. The molecule has 0 radical (unpaired) electrons. The highest BCUT2D eigenvalue weighted by molar-refractivity contribution is 6.30. The van der Waals surface area contributed by atoms with Crippen molar-refractivity contribution in [3.05, 3.63) is 64.4 Å². The standard InChI is InChI=1S/C17H12ClNO4/c18-11-3-1-10(2-4-11)7-15-17(21)13-6-5-12(8-14(13)23-15)22-9-16(19)20/h1-8H,9H2,(H2,19,20)/b15-7-. The normalized spacial score (nSPS) is 14.5. The molecule has 1 heterocycles. The Morgan fingerprint density at radius 3 is 2.65 bits per heavy atom. The van der Waals surface area contributed by atoms with Gasteiger partial charge in [0.2, 0.25) is 5.78 Å². The Balaban J connectivity index is 1.83. The molecule has 5 nitrogen and oxygen atoms in total. The van der Waals surface area contributed by atoms with E-state index in [0.29, 0.717) is 22.1 Å². The number of allylic oxidation sites excluding steroid dienone is 1. The van der Waals surface area contributed by atoms with Gasteiger partial charge in [-0.15, -0.1) is 0 Å². The summed E-state index contributed by atoms with van der Waals surface area (Å²) >= 11 is 5.83. The fourth-order valence-corrected chi connectivity index (χ4v) is 2.25. The maximum atomic E-state index is 12.3. The quantitative estimate of drug-likeness (QED) is 0.875. The molecule has 0 aliphatic carbocycles. The maximum Gasteiger partial charge on any atom is 0.255 e. The molecule has 0 unspecified atom stereocenters.